The van der Waals surface area contributed by atoms with Crippen molar-refractivity contribution in [3.63, 3.8) is 0 Å². The predicted octanol–water partition coefficient (Wildman–Crippen LogP) is 1.89. The number of piperidine rings is 1. The van der Waals surface area contributed by atoms with Crippen molar-refractivity contribution in [2.75, 3.05) is 45.1 Å². The number of ether oxygens (including phenoxy) is 1. The highest BCUT2D eigenvalue weighted by Crippen LogP contribution is 2.21. The van der Waals surface area contributed by atoms with Gasteiger partial charge in [0.1, 0.15) is 0 Å². The Labute approximate surface area is 142 Å². The van der Waals surface area contributed by atoms with Gasteiger partial charge in [-0.05, 0) is 31.4 Å². The SMILES string of the molecule is O=C(CSc1ccccn1)N1CCCC[C@H]1CN1CCOCC1. The van der Waals surface area contributed by atoms with Crippen LogP contribution in [0.2, 0.25) is 0 Å². The van der Waals surface area contributed by atoms with E-state index in [4.69, 9.17) is 4.74 Å². The molecule has 23 heavy (non-hydrogen) atoms. The molecule has 1 aromatic rings. The van der Waals surface area contributed by atoms with Crippen LogP contribution in [0.15, 0.2) is 29.4 Å². The topological polar surface area (TPSA) is 45.7 Å². The molecule has 6 heteroatoms. The summed E-state index contributed by atoms with van der Waals surface area (Å²) in [5.74, 6) is 0.731. The van der Waals surface area contributed by atoms with Gasteiger partial charge in [-0.2, -0.15) is 0 Å². The molecule has 2 aliphatic heterocycles. The Balaban J connectivity index is 1.53. The van der Waals surface area contributed by atoms with Gasteiger partial charge in [0.25, 0.3) is 0 Å². The number of likely N-dealkylation sites (tertiary alicyclic amines) is 1. The van der Waals surface area contributed by atoms with Crippen LogP contribution in [0.4, 0.5) is 0 Å². The smallest absolute Gasteiger partial charge is 0.233 e. The standard InChI is InChI=1S/C17H25N3O2S/c21-17(14-23-16-6-1-3-7-18-16)20-8-4-2-5-15(20)13-19-9-11-22-12-10-19/h1,3,6-7,15H,2,4-5,8-14H2/t15-/m0/s1. The fourth-order valence-corrected chi connectivity index (χ4v) is 4.00. The minimum absolute atomic E-state index is 0.249. The van der Waals surface area contributed by atoms with E-state index in [1.54, 1.807) is 6.20 Å². The Hall–Kier alpha value is -1.11. The third kappa shape index (κ3) is 4.93. The van der Waals surface area contributed by atoms with Gasteiger partial charge in [-0.15, -0.1) is 0 Å². The molecule has 0 bridgehead atoms. The van der Waals surface area contributed by atoms with Gasteiger partial charge in [-0.1, -0.05) is 17.8 Å². The van der Waals surface area contributed by atoms with Crippen molar-refractivity contribution in [2.24, 2.45) is 0 Å². The van der Waals surface area contributed by atoms with Gasteiger partial charge in [-0.3, -0.25) is 9.69 Å². The molecule has 0 aromatic carbocycles. The lowest BCUT2D eigenvalue weighted by atomic mass is 10.0. The van der Waals surface area contributed by atoms with Crippen LogP contribution in [-0.2, 0) is 9.53 Å². The summed E-state index contributed by atoms with van der Waals surface area (Å²) in [5.41, 5.74) is 0. The van der Waals surface area contributed by atoms with E-state index in [2.05, 4.69) is 14.8 Å². The summed E-state index contributed by atoms with van der Waals surface area (Å²) in [6, 6.07) is 6.18. The fourth-order valence-electron chi connectivity index (χ4n) is 3.25. The Bertz CT molecular complexity index is 494. The van der Waals surface area contributed by atoms with Gasteiger partial charge < -0.3 is 9.64 Å². The molecule has 3 rings (SSSR count). The maximum Gasteiger partial charge on any atom is 0.233 e. The first kappa shape index (κ1) is 16.7. The molecule has 1 atom stereocenters. The van der Waals surface area contributed by atoms with E-state index >= 15 is 0 Å². The Morgan fingerprint density at radius 1 is 1.26 bits per heavy atom. The Kier molecular flexibility index (Phi) is 6.30. The molecule has 0 unspecified atom stereocenters. The minimum atomic E-state index is 0.249. The maximum atomic E-state index is 12.7. The fraction of sp³-hybridized carbons (Fsp3) is 0.647. The first-order valence-corrected chi connectivity index (χ1v) is 9.45. The third-order valence-corrected chi connectivity index (χ3v) is 5.43. The van der Waals surface area contributed by atoms with Crippen LogP contribution < -0.4 is 0 Å². The van der Waals surface area contributed by atoms with Crippen LogP contribution >= 0.6 is 11.8 Å². The van der Waals surface area contributed by atoms with Crippen molar-refractivity contribution in [1.29, 1.82) is 0 Å². The molecule has 5 nitrogen and oxygen atoms in total. The number of carbonyl (C=O) groups excluding carboxylic acids is 1. The highest BCUT2D eigenvalue weighted by Gasteiger charge is 2.28. The number of hydrogen-bond donors (Lipinski definition) is 0. The number of aromatic nitrogens is 1. The summed E-state index contributed by atoms with van der Waals surface area (Å²) in [5, 5.41) is 0.919. The third-order valence-electron chi connectivity index (χ3n) is 4.50. The lowest BCUT2D eigenvalue weighted by Gasteiger charge is -2.39. The van der Waals surface area contributed by atoms with E-state index in [-0.39, 0.29) is 5.91 Å². The summed E-state index contributed by atoms with van der Waals surface area (Å²) >= 11 is 1.53. The van der Waals surface area contributed by atoms with Gasteiger partial charge in [0.05, 0.1) is 24.0 Å². The lowest BCUT2D eigenvalue weighted by molar-refractivity contribution is -0.132. The molecule has 0 radical (unpaired) electrons. The van der Waals surface area contributed by atoms with E-state index in [0.29, 0.717) is 11.8 Å². The quantitative estimate of drug-likeness (QED) is 0.769. The first-order valence-electron chi connectivity index (χ1n) is 8.46. The van der Waals surface area contributed by atoms with Crippen LogP contribution in [0.5, 0.6) is 0 Å². The number of pyridine rings is 1. The van der Waals surface area contributed by atoms with Crippen LogP contribution in [0, 0.1) is 0 Å². The zero-order valence-corrected chi connectivity index (χ0v) is 14.3. The molecular formula is C17H25N3O2S. The molecule has 2 fully saturated rings. The second kappa shape index (κ2) is 8.66. The molecule has 0 N–H and O–H groups in total. The van der Waals surface area contributed by atoms with E-state index in [9.17, 15) is 4.79 Å². The van der Waals surface area contributed by atoms with Gasteiger partial charge in [0.2, 0.25) is 5.91 Å². The average molecular weight is 335 g/mol. The highest BCUT2D eigenvalue weighted by atomic mass is 32.2. The van der Waals surface area contributed by atoms with E-state index in [1.807, 2.05) is 18.2 Å². The van der Waals surface area contributed by atoms with E-state index in [1.165, 1.54) is 18.2 Å². The molecule has 3 heterocycles. The summed E-state index contributed by atoms with van der Waals surface area (Å²) in [7, 11) is 0. The molecule has 0 saturated carbocycles. The summed E-state index contributed by atoms with van der Waals surface area (Å²) in [4.78, 5) is 21.5. The number of amides is 1. The first-order chi connectivity index (χ1) is 11.3. The number of nitrogens with zero attached hydrogens (tertiary/aromatic N) is 3. The number of hydrogen-bond acceptors (Lipinski definition) is 5. The molecule has 2 saturated heterocycles. The zero-order chi connectivity index (χ0) is 15.9. The van der Waals surface area contributed by atoms with E-state index < -0.39 is 0 Å². The number of carbonyl (C=O) groups is 1. The van der Waals surface area contributed by atoms with Crippen LogP contribution in [0.1, 0.15) is 19.3 Å². The van der Waals surface area contributed by atoms with Gasteiger partial charge in [-0.25, -0.2) is 4.98 Å². The van der Waals surface area contributed by atoms with Crippen molar-refractivity contribution in [2.45, 2.75) is 30.3 Å². The summed E-state index contributed by atoms with van der Waals surface area (Å²) in [6.07, 6.45) is 5.25. The number of morpholine rings is 1. The molecule has 1 amide bonds. The van der Waals surface area contributed by atoms with Crippen molar-refractivity contribution in [3.8, 4) is 0 Å². The second-order valence-electron chi connectivity index (χ2n) is 6.11. The number of thioether (sulfide) groups is 1. The van der Waals surface area contributed by atoms with Crippen molar-refractivity contribution >= 4 is 17.7 Å². The van der Waals surface area contributed by atoms with Crippen molar-refractivity contribution in [1.82, 2.24) is 14.8 Å². The molecule has 1 aromatic heterocycles. The van der Waals surface area contributed by atoms with Gasteiger partial charge in [0, 0.05) is 38.4 Å². The monoisotopic (exact) mass is 335 g/mol. The summed E-state index contributed by atoms with van der Waals surface area (Å²) < 4.78 is 5.42. The van der Waals surface area contributed by atoms with E-state index in [0.717, 1.165) is 57.3 Å². The molecule has 126 valence electrons. The Morgan fingerprint density at radius 3 is 2.91 bits per heavy atom. The van der Waals surface area contributed by atoms with Crippen LogP contribution in [0.25, 0.3) is 0 Å². The van der Waals surface area contributed by atoms with Gasteiger partial charge >= 0.3 is 0 Å². The highest BCUT2D eigenvalue weighted by molar-refractivity contribution is 7.99. The average Bonchev–Trinajstić information content (AvgIpc) is 2.62. The number of rotatable bonds is 5. The van der Waals surface area contributed by atoms with Gasteiger partial charge in [0.15, 0.2) is 0 Å². The lowest BCUT2D eigenvalue weighted by Crippen LogP contribution is -2.51. The van der Waals surface area contributed by atoms with Crippen molar-refractivity contribution in [3.05, 3.63) is 24.4 Å². The Morgan fingerprint density at radius 2 is 2.13 bits per heavy atom. The largest absolute Gasteiger partial charge is 0.379 e. The molecule has 0 aliphatic carbocycles. The molecule has 0 spiro atoms. The molecule has 2 aliphatic rings. The second-order valence-corrected chi connectivity index (χ2v) is 7.10. The maximum absolute atomic E-state index is 12.7. The van der Waals surface area contributed by atoms with Crippen LogP contribution in [-0.4, -0.2) is 71.9 Å². The molecular weight excluding hydrogens is 310 g/mol. The van der Waals surface area contributed by atoms with Crippen LogP contribution in [0.3, 0.4) is 0 Å². The minimum Gasteiger partial charge on any atom is -0.379 e. The predicted molar refractivity (Wildman–Crippen MR) is 91.6 cm³/mol. The zero-order valence-electron chi connectivity index (χ0n) is 13.5. The van der Waals surface area contributed by atoms with Crippen molar-refractivity contribution < 1.29 is 9.53 Å². The summed E-state index contributed by atoms with van der Waals surface area (Å²) in [6.45, 7) is 5.49. The normalized spacial score (nSPS) is 23.0.